The third-order valence-corrected chi connectivity index (χ3v) is 6.63. The van der Waals surface area contributed by atoms with Crippen molar-refractivity contribution in [2.24, 2.45) is 0 Å². The van der Waals surface area contributed by atoms with E-state index in [9.17, 15) is 13.2 Å². The lowest BCUT2D eigenvalue weighted by atomic mass is 9.82. The van der Waals surface area contributed by atoms with Gasteiger partial charge >= 0.3 is 0 Å². The summed E-state index contributed by atoms with van der Waals surface area (Å²) in [5.74, 6) is -0.277. The standard InChI is InChI=1S/C22H27N3O3S/c1-3-25-19-10-6-5-9-17(19)18-15-16(11-12-20(18)25)23-21(26)22(24-29(2,27)28)13-7-4-8-14-22/h5-6,9-12,15,24H,3-4,7-8,13-14H2,1-2H3,(H,23,26). The van der Waals surface area contributed by atoms with Gasteiger partial charge in [0.1, 0.15) is 5.54 Å². The van der Waals surface area contributed by atoms with Crippen LogP contribution in [0.25, 0.3) is 21.8 Å². The Labute approximate surface area is 171 Å². The number of fused-ring (bicyclic) bond motifs is 3. The van der Waals surface area contributed by atoms with E-state index in [1.165, 1.54) is 0 Å². The minimum absolute atomic E-state index is 0.277. The van der Waals surface area contributed by atoms with Gasteiger partial charge in [-0.15, -0.1) is 0 Å². The highest BCUT2D eigenvalue weighted by Gasteiger charge is 2.41. The molecular weight excluding hydrogens is 386 g/mol. The molecule has 0 radical (unpaired) electrons. The predicted molar refractivity (Wildman–Crippen MR) is 118 cm³/mol. The topological polar surface area (TPSA) is 80.2 Å². The molecule has 0 bridgehead atoms. The average Bonchev–Trinajstić information content (AvgIpc) is 3.00. The van der Waals surface area contributed by atoms with E-state index in [1.54, 1.807) is 0 Å². The van der Waals surface area contributed by atoms with Crippen molar-refractivity contribution in [2.75, 3.05) is 11.6 Å². The summed E-state index contributed by atoms with van der Waals surface area (Å²) in [6.45, 7) is 2.97. The largest absolute Gasteiger partial charge is 0.341 e. The molecule has 0 unspecified atom stereocenters. The number of hydrogen-bond donors (Lipinski definition) is 2. The number of aromatic nitrogens is 1. The number of sulfonamides is 1. The fourth-order valence-electron chi connectivity index (χ4n) is 4.61. The number of para-hydroxylation sites is 1. The Kier molecular flexibility index (Phi) is 5.12. The number of benzene rings is 2. The van der Waals surface area contributed by atoms with Crippen molar-refractivity contribution < 1.29 is 13.2 Å². The van der Waals surface area contributed by atoms with E-state index >= 15 is 0 Å². The minimum Gasteiger partial charge on any atom is -0.341 e. The first-order chi connectivity index (χ1) is 13.8. The first-order valence-corrected chi connectivity index (χ1v) is 12.0. The Morgan fingerprint density at radius 3 is 2.41 bits per heavy atom. The third-order valence-electron chi connectivity index (χ3n) is 5.87. The van der Waals surface area contributed by atoms with Crippen molar-refractivity contribution >= 4 is 43.4 Å². The van der Waals surface area contributed by atoms with Crippen LogP contribution in [-0.4, -0.2) is 30.7 Å². The van der Waals surface area contributed by atoms with E-state index in [1.807, 2.05) is 30.3 Å². The predicted octanol–water partition coefficient (Wildman–Crippen LogP) is 4.01. The van der Waals surface area contributed by atoms with E-state index < -0.39 is 15.6 Å². The molecule has 29 heavy (non-hydrogen) atoms. The Morgan fingerprint density at radius 2 is 1.72 bits per heavy atom. The second-order valence-electron chi connectivity index (χ2n) is 7.96. The number of carbonyl (C=O) groups is 1. The van der Waals surface area contributed by atoms with Crippen LogP contribution in [0.2, 0.25) is 0 Å². The maximum Gasteiger partial charge on any atom is 0.245 e. The van der Waals surface area contributed by atoms with Gasteiger partial charge in [0, 0.05) is 34.0 Å². The second kappa shape index (κ2) is 7.46. The number of nitrogens with zero attached hydrogens (tertiary/aromatic N) is 1. The average molecular weight is 414 g/mol. The maximum atomic E-state index is 13.2. The fourth-order valence-corrected chi connectivity index (χ4v) is 5.62. The molecule has 1 saturated carbocycles. The molecule has 4 rings (SSSR count). The van der Waals surface area contributed by atoms with E-state index in [4.69, 9.17) is 0 Å². The molecule has 1 aliphatic rings. The van der Waals surface area contributed by atoms with Crippen molar-refractivity contribution in [3.8, 4) is 0 Å². The molecule has 1 aliphatic carbocycles. The molecule has 0 spiro atoms. The Hall–Kier alpha value is -2.38. The summed E-state index contributed by atoms with van der Waals surface area (Å²) in [6, 6.07) is 14.1. The number of carbonyl (C=O) groups excluding carboxylic acids is 1. The third kappa shape index (κ3) is 3.76. The Morgan fingerprint density at radius 1 is 1.03 bits per heavy atom. The SMILES string of the molecule is CCn1c2ccccc2c2cc(NC(=O)C3(NS(C)(=O)=O)CCCCC3)ccc21. The van der Waals surface area contributed by atoms with Crippen LogP contribution in [0.3, 0.4) is 0 Å². The van der Waals surface area contributed by atoms with Gasteiger partial charge in [-0.1, -0.05) is 37.5 Å². The zero-order chi connectivity index (χ0) is 20.6. The van der Waals surface area contributed by atoms with Gasteiger partial charge in [-0.2, -0.15) is 4.72 Å². The highest BCUT2D eigenvalue weighted by atomic mass is 32.2. The summed E-state index contributed by atoms with van der Waals surface area (Å²) < 4.78 is 28.7. The van der Waals surface area contributed by atoms with Crippen LogP contribution in [0, 0.1) is 0 Å². The molecule has 0 atom stereocenters. The van der Waals surface area contributed by atoms with Crippen molar-refractivity contribution in [1.82, 2.24) is 9.29 Å². The molecule has 0 saturated heterocycles. The molecule has 1 heterocycles. The summed E-state index contributed by atoms with van der Waals surface area (Å²) in [4.78, 5) is 13.2. The number of rotatable bonds is 5. The van der Waals surface area contributed by atoms with Gasteiger partial charge in [0.25, 0.3) is 0 Å². The summed E-state index contributed by atoms with van der Waals surface area (Å²) >= 11 is 0. The molecule has 7 heteroatoms. The number of amides is 1. The minimum atomic E-state index is -3.50. The van der Waals surface area contributed by atoms with Gasteiger partial charge < -0.3 is 9.88 Å². The van der Waals surface area contributed by atoms with E-state index in [-0.39, 0.29) is 5.91 Å². The lowest BCUT2D eigenvalue weighted by molar-refractivity contribution is -0.122. The fraction of sp³-hybridized carbons (Fsp3) is 0.409. The Bertz CT molecular complexity index is 1170. The number of hydrogen-bond acceptors (Lipinski definition) is 3. The highest BCUT2D eigenvalue weighted by Crippen LogP contribution is 2.33. The molecule has 3 aromatic rings. The van der Waals surface area contributed by atoms with Crippen LogP contribution in [-0.2, 0) is 21.4 Å². The first kappa shape index (κ1) is 19.9. The quantitative estimate of drug-likeness (QED) is 0.663. The molecule has 2 N–H and O–H groups in total. The summed E-state index contributed by atoms with van der Waals surface area (Å²) in [5, 5.41) is 5.20. The van der Waals surface area contributed by atoms with Gasteiger partial charge in [0.2, 0.25) is 15.9 Å². The van der Waals surface area contributed by atoms with Crippen molar-refractivity contribution in [3.05, 3.63) is 42.5 Å². The summed E-state index contributed by atoms with van der Waals surface area (Å²) in [5.41, 5.74) is 1.89. The lowest BCUT2D eigenvalue weighted by Crippen LogP contribution is -2.57. The van der Waals surface area contributed by atoms with Crippen LogP contribution in [0.5, 0.6) is 0 Å². The first-order valence-electron chi connectivity index (χ1n) is 10.1. The molecular formula is C22H27N3O3S. The summed E-state index contributed by atoms with van der Waals surface area (Å²) in [6.07, 6.45) is 4.83. The van der Waals surface area contributed by atoms with Crippen LogP contribution in [0.15, 0.2) is 42.5 Å². The van der Waals surface area contributed by atoms with Crippen LogP contribution < -0.4 is 10.0 Å². The van der Waals surface area contributed by atoms with Crippen LogP contribution in [0.4, 0.5) is 5.69 Å². The van der Waals surface area contributed by atoms with Crippen molar-refractivity contribution in [3.63, 3.8) is 0 Å². The second-order valence-corrected chi connectivity index (χ2v) is 9.71. The number of aryl methyl sites for hydroxylation is 1. The number of nitrogens with one attached hydrogen (secondary N) is 2. The lowest BCUT2D eigenvalue weighted by Gasteiger charge is -2.35. The molecule has 1 fully saturated rings. The van der Waals surface area contributed by atoms with E-state index in [0.29, 0.717) is 18.5 Å². The summed E-state index contributed by atoms with van der Waals surface area (Å²) in [7, 11) is -3.50. The van der Waals surface area contributed by atoms with Gasteiger partial charge in [-0.25, -0.2) is 8.42 Å². The smallest absolute Gasteiger partial charge is 0.245 e. The van der Waals surface area contributed by atoms with E-state index in [0.717, 1.165) is 53.9 Å². The van der Waals surface area contributed by atoms with Gasteiger partial charge in [0.05, 0.1) is 6.26 Å². The zero-order valence-corrected chi connectivity index (χ0v) is 17.7. The van der Waals surface area contributed by atoms with Crippen molar-refractivity contribution in [2.45, 2.75) is 51.1 Å². The van der Waals surface area contributed by atoms with Crippen LogP contribution in [0.1, 0.15) is 39.0 Å². The molecule has 6 nitrogen and oxygen atoms in total. The zero-order valence-electron chi connectivity index (χ0n) is 16.9. The highest BCUT2D eigenvalue weighted by molar-refractivity contribution is 7.88. The van der Waals surface area contributed by atoms with Gasteiger partial charge in [-0.3, -0.25) is 4.79 Å². The molecule has 2 aromatic carbocycles. The monoisotopic (exact) mass is 413 g/mol. The molecule has 154 valence electrons. The van der Waals surface area contributed by atoms with Crippen molar-refractivity contribution in [1.29, 1.82) is 0 Å². The van der Waals surface area contributed by atoms with E-state index in [2.05, 4.69) is 33.7 Å². The number of anilines is 1. The Balaban J connectivity index is 1.71. The maximum absolute atomic E-state index is 13.2. The van der Waals surface area contributed by atoms with Gasteiger partial charge in [0.15, 0.2) is 0 Å². The van der Waals surface area contributed by atoms with Crippen LogP contribution >= 0.6 is 0 Å². The normalized spacial score (nSPS) is 16.9. The van der Waals surface area contributed by atoms with Gasteiger partial charge in [-0.05, 0) is 44.0 Å². The molecule has 1 aromatic heterocycles. The molecule has 0 aliphatic heterocycles. The molecule has 1 amide bonds.